The van der Waals surface area contributed by atoms with Crippen LogP contribution in [0.1, 0.15) is 33.1 Å². The summed E-state index contributed by atoms with van der Waals surface area (Å²) in [5, 5.41) is 2.79. The molecule has 1 rings (SSSR count). The minimum absolute atomic E-state index is 0.00920. The summed E-state index contributed by atoms with van der Waals surface area (Å²) >= 11 is 1.78. The van der Waals surface area contributed by atoms with Crippen molar-refractivity contribution in [1.82, 2.24) is 10.2 Å². The molecule has 2 amide bonds. The number of carbonyl (C=O) groups is 2. The molecule has 98 valence electrons. The number of thioether (sulfide) groups is 1. The maximum atomic E-state index is 12.2. The fraction of sp³-hybridized carbons (Fsp3) is 0.833. The quantitative estimate of drug-likeness (QED) is 0.755. The molecule has 0 bridgehead atoms. The van der Waals surface area contributed by atoms with Gasteiger partial charge in [-0.1, -0.05) is 6.92 Å². The fourth-order valence-corrected chi connectivity index (χ4v) is 2.52. The summed E-state index contributed by atoms with van der Waals surface area (Å²) in [6.45, 7) is 4.64. The number of nitrogens with zero attached hydrogens (tertiary/aromatic N) is 1. The Labute approximate surface area is 108 Å². The summed E-state index contributed by atoms with van der Waals surface area (Å²) in [4.78, 5) is 25.7. The van der Waals surface area contributed by atoms with Gasteiger partial charge in [0.15, 0.2) is 0 Å². The number of hydrogen-bond donors (Lipinski definition) is 1. The first-order valence-electron chi connectivity index (χ1n) is 6.19. The van der Waals surface area contributed by atoms with Crippen LogP contribution in [0.3, 0.4) is 0 Å². The van der Waals surface area contributed by atoms with Crippen LogP contribution < -0.4 is 5.32 Å². The van der Waals surface area contributed by atoms with Crippen molar-refractivity contribution in [3.8, 4) is 0 Å². The van der Waals surface area contributed by atoms with E-state index in [1.165, 1.54) is 0 Å². The first kappa shape index (κ1) is 14.4. The third-order valence-electron chi connectivity index (χ3n) is 3.08. The Kier molecular flexibility index (Phi) is 5.82. The Bertz CT molecular complexity index is 284. The fourth-order valence-electron chi connectivity index (χ4n) is 2.10. The highest BCUT2D eigenvalue weighted by Gasteiger charge is 2.32. The largest absolute Gasteiger partial charge is 0.344 e. The van der Waals surface area contributed by atoms with E-state index in [1.54, 1.807) is 11.8 Å². The predicted molar refractivity (Wildman–Crippen MR) is 71.0 cm³/mol. The van der Waals surface area contributed by atoms with E-state index in [0.29, 0.717) is 12.8 Å². The van der Waals surface area contributed by atoms with Gasteiger partial charge in [-0.25, -0.2) is 0 Å². The molecular weight excluding hydrogens is 236 g/mol. The molecule has 0 radical (unpaired) electrons. The Morgan fingerprint density at radius 3 is 2.76 bits per heavy atom. The number of nitrogens with one attached hydrogen (secondary N) is 1. The maximum absolute atomic E-state index is 12.2. The van der Waals surface area contributed by atoms with E-state index in [0.717, 1.165) is 18.7 Å². The molecule has 1 N–H and O–H groups in total. The lowest BCUT2D eigenvalue weighted by atomic mass is 10.1. The standard InChI is InChI=1S/C12H22N2O2S/c1-4-10-12(16)14(6-5-7-17-3)9(2)8-11(15)13-10/h9-10H,4-8H2,1-3H3,(H,13,15). The van der Waals surface area contributed by atoms with E-state index in [4.69, 9.17) is 0 Å². The van der Waals surface area contributed by atoms with Gasteiger partial charge >= 0.3 is 0 Å². The predicted octanol–water partition coefficient (Wildman–Crippen LogP) is 1.26. The lowest BCUT2D eigenvalue weighted by Crippen LogP contribution is -2.46. The van der Waals surface area contributed by atoms with E-state index in [9.17, 15) is 9.59 Å². The summed E-state index contributed by atoms with van der Waals surface area (Å²) in [6, 6.07) is -0.317. The van der Waals surface area contributed by atoms with Gasteiger partial charge in [0.1, 0.15) is 6.04 Å². The first-order valence-corrected chi connectivity index (χ1v) is 7.58. The first-order chi connectivity index (χ1) is 8.10. The van der Waals surface area contributed by atoms with Crippen LogP contribution >= 0.6 is 11.8 Å². The van der Waals surface area contributed by atoms with Crippen molar-refractivity contribution in [2.45, 2.75) is 45.2 Å². The smallest absolute Gasteiger partial charge is 0.245 e. The molecule has 0 aromatic heterocycles. The summed E-state index contributed by atoms with van der Waals surface area (Å²) < 4.78 is 0. The lowest BCUT2D eigenvalue weighted by Gasteiger charge is -2.28. The molecule has 0 aliphatic carbocycles. The Hall–Kier alpha value is -0.710. The molecule has 2 atom stereocenters. The van der Waals surface area contributed by atoms with Gasteiger partial charge < -0.3 is 10.2 Å². The lowest BCUT2D eigenvalue weighted by molar-refractivity contribution is -0.135. The molecule has 2 unspecified atom stereocenters. The van der Waals surface area contributed by atoms with Crippen molar-refractivity contribution < 1.29 is 9.59 Å². The SMILES string of the molecule is CCC1NC(=O)CC(C)N(CCCSC)C1=O. The zero-order valence-corrected chi connectivity index (χ0v) is 11.7. The van der Waals surface area contributed by atoms with E-state index in [1.807, 2.05) is 18.7 Å². The monoisotopic (exact) mass is 258 g/mol. The van der Waals surface area contributed by atoms with Crippen molar-refractivity contribution in [2.24, 2.45) is 0 Å². The molecule has 17 heavy (non-hydrogen) atoms. The summed E-state index contributed by atoms with van der Waals surface area (Å²) in [6.07, 6.45) is 4.13. The number of hydrogen-bond acceptors (Lipinski definition) is 3. The molecule has 1 fully saturated rings. The third-order valence-corrected chi connectivity index (χ3v) is 3.78. The molecular formula is C12H22N2O2S. The molecule has 5 heteroatoms. The van der Waals surface area contributed by atoms with Crippen molar-refractivity contribution in [3.05, 3.63) is 0 Å². The van der Waals surface area contributed by atoms with Crippen LogP contribution in [0.25, 0.3) is 0 Å². The summed E-state index contributed by atoms with van der Waals surface area (Å²) in [7, 11) is 0. The molecule has 1 aliphatic rings. The second-order valence-corrected chi connectivity index (χ2v) is 5.45. The van der Waals surface area contributed by atoms with E-state index in [-0.39, 0.29) is 23.9 Å². The highest BCUT2D eigenvalue weighted by Crippen LogP contribution is 2.14. The number of rotatable bonds is 5. The van der Waals surface area contributed by atoms with Gasteiger partial charge in [0.2, 0.25) is 11.8 Å². The number of amides is 2. The topological polar surface area (TPSA) is 49.4 Å². The maximum Gasteiger partial charge on any atom is 0.245 e. The zero-order valence-electron chi connectivity index (χ0n) is 10.9. The van der Waals surface area contributed by atoms with Gasteiger partial charge in [-0.15, -0.1) is 0 Å². The van der Waals surface area contributed by atoms with Crippen molar-refractivity contribution in [3.63, 3.8) is 0 Å². The summed E-state index contributed by atoms with van der Waals surface area (Å²) in [5.74, 6) is 1.12. The third kappa shape index (κ3) is 3.91. The van der Waals surface area contributed by atoms with Crippen LogP contribution in [0.4, 0.5) is 0 Å². The van der Waals surface area contributed by atoms with Gasteiger partial charge in [0.25, 0.3) is 0 Å². The van der Waals surface area contributed by atoms with Gasteiger partial charge in [-0.05, 0) is 31.8 Å². The molecule has 1 saturated heterocycles. The van der Waals surface area contributed by atoms with Crippen LogP contribution in [0.15, 0.2) is 0 Å². The Morgan fingerprint density at radius 2 is 2.18 bits per heavy atom. The molecule has 0 aromatic rings. The normalized spacial score (nSPS) is 25.7. The number of carbonyl (C=O) groups excluding carboxylic acids is 2. The second kappa shape index (κ2) is 6.89. The van der Waals surface area contributed by atoms with Crippen LogP contribution in [-0.2, 0) is 9.59 Å². The van der Waals surface area contributed by atoms with Crippen molar-refractivity contribution in [1.29, 1.82) is 0 Å². The van der Waals surface area contributed by atoms with Gasteiger partial charge in [0.05, 0.1) is 0 Å². The molecule has 0 spiro atoms. The molecule has 1 heterocycles. The summed E-state index contributed by atoms with van der Waals surface area (Å²) in [5.41, 5.74) is 0. The van der Waals surface area contributed by atoms with Gasteiger partial charge in [-0.3, -0.25) is 9.59 Å². The molecule has 0 saturated carbocycles. The molecule has 0 aromatic carbocycles. The minimum Gasteiger partial charge on any atom is -0.344 e. The van der Waals surface area contributed by atoms with Crippen LogP contribution in [0, 0.1) is 0 Å². The van der Waals surface area contributed by atoms with Gasteiger partial charge in [0, 0.05) is 19.0 Å². The second-order valence-electron chi connectivity index (χ2n) is 4.46. The van der Waals surface area contributed by atoms with E-state index < -0.39 is 0 Å². The molecule has 1 aliphatic heterocycles. The molecule has 4 nitrogen and oxygen atoms in total. The van der Waals surface area contributed by atoms with E-state index in [2.05, 4.69) is 11.6 Å². The Balaban J connectivity index is 2.69. The van der Waals surface area contributed by atoms with Gasteiger partial charge in [-0.2, -0.15) is 11.8 Å². The van der Waals surface area contributed by atoms with Crippen molar-refractivity contribution >= 4 is 23.6 Å². The zero-order chi connectivity index (χ0) is 12.8. The van der Waals surface area contributed by atoms with Crippen LogP contribution in [-0.4, -0.2) is 47.4 Å². The van der Waals surface area contributed by atoms with Crippen molar-refractivity contribution in [2.75, 3.05) is 18.6 Å². The highest BCUT2D eigenvalue weighted by molar-refractivity contribution is 7.98. The average molecular weight is 258 g/mol. The minimum atomic E-state index is -0.332. The average Bonchev–Trinajstić information content (AvgIpc) is 2.39. The van der Waals surface area contributed by atoms with E-state index >= 15 is 0 Å². The van der Waals surface area contributed by atoms with Crippen LogP contribution in [0.5, 0.6) is 0 Å². The Morgan fingerprint density at radius 1 is 1.47 bits per heavy atom. The van der Waals surface area contributed by atoms with Crippen LogP contribution in [0.2, 0.25) is 0 Å². The highest BCUT2D eigenvalue weighted by atomic mass is 32.2.